The maximum atomic E-state index is 12.8. The molecule has 1 atom stereocenters. The van der Waals surface area contributed by atoms with E-state index in [1.165, 1.54) is 21.8 Å². The van der Waals surface area contributed by atoms with E-state index in [0.29, 0.717) is 0 Å². The molecule has 4 aliphatic heterocycles. The van der Waals surface area contributed by atoms with Gasteiger partial charge in [-0.1, -0.05) is 36.4 Å². The van der Waals surface area contributed by atoms with E-state index < -0.39 is 0 Å². The molecule has 2 aromatic rings. The van der Waals surface area contributed by atoms with Crippen LogP contribution >= 0.6 is 0 Å². The van der Waals surface area contributed by atoms with Gasteiger partial charge >= 0.3 is 0 Å². The molecule has 1 unspecified atom stereocenters. The van der Waals surface area contributed by atoms with Gasteiger partial charge in [0.2, 0.25) is 0 Å². The van der Waals surface area contributed by atoms with Gasteiger partial charge in [0.25, 0.3) is 5.91 Å². The number of hydroxylamine groups is 1. The number of hydrogen-bond donors (Lipinski definition) is 0. The molecule has 0 spiro atoms. The molecule has 0 saturated carbocycles. The minimum absolute atomic E-state index is 0.0558. The lowest BCUT2D eigenvalue weighted by molar-refractivity contribution is -0.129. The number of amides is 1. The van der Waals surface area contributed by atoms with Gasteiger partial charge in [-0.15, -0.1) is 5.06 Å². The number of benzene rings is 2. The summed E-state index contributed by atoms with van der Waals surface area (Å²) in [5, 5.41) is 1.48. The van der Waals surface area contributed by atoms with E-state index in [1.54, 1.807) is 0 Å². The Morgan fingerprint density at radius 3 is 2.71 bits per heavy atom. The van der Waals surface area contributed by atoms with Crippen molar-refractivity contribution < 1.29 is 9.63 Å². The van der Waals surface area contributed by atoms with Crippen molar-refractivity contribution >= 4 is 17.2 Å². The van der Waals surface area contributed by atoms with E-state index in [9.17, 15) is 4.79 Å². The summed E-state index contributed by atoms with van der Waals surface area (Å²) in [6.07, 6.45) is 4.01. The highest BCUT2D eigenvalue weighted by Crippen LogP contribution is 2.38. The second-order valence-electron chi connectivity index (χ2n) is 6.57. The first kappa shape index (κ1) is 13.8. The minimum Gasteiger partial charge on any atom is -0.372 e. The summed E-state index contributed by atoms with van der Waals surface area (Å²) in [5.41, 5.74) is 4.77. The Bertz CT molecular complexity index is 844. The molecule has 1 amide bonds. The molecule has 0 radical (unpaired) electrons. The molecule has 0 saturated heterocycles. The lowest BCUT2D eigenvalue weighted by Gasteiger charge is -2.41. The van der Waals surface area contributed by atoms with Crippen LogP contribution in [0.15, 0.2) is 54.6 Å². The first-order valence-electron chi connectivity index (χ1n) is 8.43. The highest BCUT2D eigenvalue weighted by Gasteiger charge is 2.40. The van der Waals surface area contributed by atoms with Gasteiger partial charge in [0.15, 0.2) is 5.75 Å². The topological polar surface area (TPSA) is 32.8 Å². The lowest BCUT2D eigenvalue weighted by Crippen LogP contribution is -2.56. The molecule has 0 fully saturated rings. The molecular formula is C20H18N2O2. The van der Waals surface area contributed by atoms with E-state index in [-0.39, 0.29) is 11.9 Å². The average Bonchev–Trinajstić information content (AvgIpc) is 2.66. The van der Waals surface area contributed by atoms with Crippen molar-refractivity contribution in [2.45, 2.75) is 18.9 Å². The van der Waals surface area contributed by atoms with Crippen molar-refractivity contribution in [2.75, 3.05) is 18.2 Å². The number of nitrogens with zero attached hydrogens (tertiary/aromatic N) is 2. The van der Waals surface area contributed by atoms with Gasteiger partial charge in [-0.2, -0.15) is 0 Å². The van der Waals surface area contributed by atoms with Crippen molar-refractivity contribution in [3.63, 3.8) is 0 Å². The average molecular weight is 318 g/mol. The molecule has 4 bridgehead atoms. The summed E-state index contributed by atoms with van der Waals surface area (Å²) >= 11 is 0. The van der Waals surface area contributed by atoms with Crippen molar-refractivity contribution in [2.24, 2.45) is 0 Å². The molecule has 6 rings (SSSR count). The Hall–Kier alpha value is -2.59. The number of carbonyl (C=O) groups excluding carboxylic acids is 1. The second kappa shape index (κ2) is 5.21. The smallest absolute Gasteiger partial charge is 0.277 e. The maximum absolute atomic E-state index is 12.8. The fourth-order valence-corrected chi connectivity index (χ4v) is 3.90. The molecule has 0 aliphatic carbocycles. The summed E-state index contributed by atoms with van der Waals surface area (Å²) in [4.78, 5) is 20.7. The predicted octanol–water partition coefficient (Wildman–Crippen LogP) is 3.04. The van der Waals surface area contributed by atoms with E-state index in [2.05, 4.69) is 41.3 Å². The number of anilines is 1. The SMILES string of the molecule is O=C1C(N2CC=C(c3ccccc3)CC2)Cc2cc3ccc2N1O3. The van der Waals surface area contributed by atoms with Crippen LogP contribution in [-0.2, 0) is 11.2 Å². The molecule has 4 nitrogen and oxygen atoms in total. The van der Waals surface area contributed by atoms with E-state index >= 15 is 0 Å². The fourth-order valence-electron chi connectivity index (χ4n) is 3.90. The third-order valence-electron chi connectivity index (χ3n) is 5.19. The summed E-state index contributed by atoms with van der Waals surface area (Å²) in [6, 6.07) is 16.3. The first-order chi connectivity index (χ1) is 11.8. The van der Waals surface area contributed by atoms with Crippen molar-refractivity contribution in [1.29, 1.82) is 0 Å². The molecule has 24 heavy (non-hydrogen) atoms. The van der Waals surface area contributed by atoms with Gasteiger partial charge in [0.1, 0.15) is 0 Å². The van der Waals surface area contributed by atoms with Crippen LogP contribution < -0.4 is 9.90 Å². The van der Waals surface area contributed by atoms with Crippen molar-refractivity contribution in [3.05, 3.63) is 65.7 Å². The molecule has 4 heteroatoms. The summed E-state index contributed by atoms with van der Waals surface area (Å²) in [6.45, 7) is 1.71. The highest BCUT2D eigenvalue weighted by molar-refractivity contribution is 5.99. The molecule has 4 aliphatic rings. The molecule has 120 valence electrons. The quantitative estimate of drug-likeness (QED) is 0.853. The van der Waals surface area contributed by atoms with Crippen molar-refractivity contribution in [3.8, 4) is 5.75 Å². The van der Waals surface area contributed by atoms with Crippen LogP contribution in [0.4, 0.5) is 5.69 Å². The first-order valence-corrected chi connectivity index (χ1v) is 8.43. The third kappa shape index (κ3) is 2.07. The Labute approximate surface area is 140 Å². The Kier molecular flexibility index (Phi) is 3.00. The van der Waals surface area contributed by atoms with Gasteiger partial charge in [-0.25, -0.2) is 0 Å². The number of rotatable bonds is 2. The van der Waals surface area contributed by atoms with Crippen LogP contribution in [0.2, 0.25) is 0 Å². The van der Waals surface area contributed by atoms with E-state index in [0.717, 1.165) is 37.4 Å². The lowest BCUT2D eigenvalue weighted by atomic mass is 9.93. The second-order valence-corrected chi connectivity index (χ2v) is 6.57. The van der Waals surface area contributed by atoms with Gasteiger partial charge in [-0.3, -0.25) is 9.69 Å². The zero-order chi connectivity index (χ0) is 16.1. The van der Waals surface area contributed by atoms with Gasteiger partial charge in [-0.05, 0) is 47.7 Å². The Morgan fingerprint density at radius 2 is 1.96 bits per heavy atom. The van der Waals surface area contributed by atoms with Crippen LogP contribution in [0.3, 0.4) is 0 Å². The van der Waals surface area contributed by atoms with Crippen molar-refractivity contribution in [1.82, 2.24) is 4.90 Å². The number of hydrogen-bond acceptors (Lipinski definition) is 3. The number of fused-ring (bicyclic) bond motifs is 1. The normalized spacial score (nSPS) is 22.3. The van der Waals surface area contributed by atoms with Gasteiger partial charge in [0.05, 0.1) is 11.7 Å². The van der Waals surface area contributed by atoms with Gasteiger partial charge < -0.3 is 4.84 Å². The highest BCUT2D eigenvalue weighted by atomic mass is 16.7. The standard InChI is InChI=1S/C20H18N2O2/c23-20-19(13-16-12-17-6-7-18(16)22(20)24-17)21-10-8-15(9-11-21)14-4-2-1-3-5-14/h1-8,12,19H,9-11,13H2. The summed E-state index contributed by atoms with van der Waals surface area (Å²) in [7, 11) is 0. The fraction of sp³-hybridized carbons (Fsp3) is 0.250. The molecular weight excluding hydrogens is 300 g/mol. The van der Waals surface area contributed by atoms with Crippen LogP contribution in [0.25, 0.3) is 5.57 Å². The zero-order valence-electron chi connectivity index (χ0n) is 13.3. The van der Waals surface area contributed by atoms with Crippen LogP contribution in [0, 0.1) is 0 Å². The number of carbonyl (C=O) groups is 1. The minimum atomic E-state index is -0.123. The monoisotopic (exact) mass is 318 g/mol. The van der Waals surface area contributed by atoms with Crippen LogP contribution in [0.5, 0.6) is 5.75 Å². The Morgan fingerprint density at radius 1 is 1.08 bits per heavy atom. The zero-order valence-corrected chi connectivity index (χ0v) is 13.3. The maximum Gasteiger partial charge on any atom is 0.277 e. The summed E-state index contributed by atoms with van der Waals surface area (Å²) < 4.78 is 0. The van der Waals surface area contributed by atoms with Crippen LogP contribution in [-0.4, -0.2) is 29.9 Å². The summed E-state index contributed by atoms with van der Waals surface area (Å²) in [5.74, 6) is 0.817. The largest absolute Gasteiger partial charge is 0.372 e. The molecule has 0 N–H and O–H groups in total. The third-order valence-corrected chi connectivity index (χ3v) is 5.19. The Balaban J connectivity index is 1.38. The molecule has 4 heterocycles. The molecule has 0 aromatic heterocycles. The van der Waals surface area contributed by atoms with Gasteiger partial charge in [0, 0.05) is 13.1 Å². The van der Waals surface area contributed by atoms with E-state index in [1.807, 2.05) is 18.2 Å². The van der Waals surface area contributed by atoms with Crippen LogP contribution in [0.1, 0.15) is 17.5 Å². The molecule has 2 aromatic carbocycles. The van der Waals surface area contributed by atoms with E-state index in [4.69, 9.17) is 4.84 Å². The predicted molar refractivity (Wildman–Crippen MR) is 92.7 cm³/mol.